The molecule has 2 atom stereocenters. The number of hydrogen-bond donors (Lipinski definition) is 2. The maximum atomic E-state index is 11.8. The van der Waals surface area contributed by atoms with E-state index in [0.717, 1.165) is 11.1 Å². The van der Waals surface area contributed by atoms with Crippen molar-refractivity contribution in [2.75, 3.05) is 0 Å². The lowest BCUT2D eigenvalue weighted by atomic mass is 9.91. The first-order valence-electron chi connectivity index (χ1n) is 6.87. The number of rotatable bonds is 1. The molecule has 110 valence electrons. The number of nitrogens with one attached hydrogen (secondary N) is 2. The van der Waals surface area contributed by atoms with E-state index in [1.807, 2.05) is 24.3 Å². The summed E-state index contributed by atoms with van der Waals surface area (Å²) in [4.78, 5) is 23.6. The largest absolute Gasteiger partial charge is 0.413 e. The van der Waals surface area contributed by atoms with Gasteiger partial charge in [0.15, 0.2) is 0 Å². The number of benzene rings is 2. The zero-order valence-electron chi connectivity index (χ0n) is 11.4. The van der Waals surface area contributed by atoms with E-state index in [9.17, 15) is 9.59 Å². The first kappa shape index (κ1) is 12.7. The molecular weight excluding hydrogens is 284 g/mol. The average Bonchev–Trinajstić information content (AvgIpc) is 2.53. The Balaban J connectivity index is 1.82. The van der Waals surface area contributed by atoms with Gasteiger partial charge in [-0.15, -0.1) is 0 Å². The molecule has 2 aromatic carbocycles. The van der Waals surface area contributed by atoms with Crippen molar-refractivity contribution < 1.29 is 19.1 Å². The number of amides is 2. The lowest BCUT2D eigenvalue weighted by Gasteiger charge is -2.35. The molecule has 0 saturated heterocycles. The van der Waals surface area contributed by atoms with Crippen LogP contribution in [0.15, 0.2) is 48.5 Å². The molecule has 0 fully saturated rings. The Bertz CT molecular complexity index is 709. The maximum absolute atomic E-state index is 11.8. The van der Waals surface area contributed by atoms with Crippen molar-refractivity contribution >= 4 is 12.2 Å². The highest BCUT2D eigenvalue weighted by Crippen LogP contribution is 2.41. The molecule has 6 nitrogen and oxygen atoms in total. The third-order valence-electron chi connectivity index (χ3n) is 3.79. The highest BCUT2D eigenvalue weighted by molar-refractivity contribution is 5.77. The SMILES string of the molecule is O=C1N[C@@H]([C@H]2NC(=O)Oc3ccccc32)c2ccccc2O1. The topological polar surface area (TPSA) is 76.7 Å². The molecule has 0 bridgehead atoms. The standard InChI is InChI=1S/C16H12N2O4/c19-15-17-13(9-5-1-3-7-11(9)21-15)14-10-6-2-4-8-12(10)22-16(20)18-14/h1-8,13-14H,(H,17,19)(H,18,20)/t13-,14+. The second-order valence-electron chi connectivity index (χ2n) is 5.10. The van der Waals surface area contributed by atoms with Gasteiger partial charge in [-0.1, -0.05) is 36.4 Å². The summed E-state index contributed by atoms with van der Waals surface area (Å²) in [7, 11) is 0. The average molecular weight is 296 g/mol. The number of fused-ring (bicyclic) bond motifs is 2. The third kappa shape index (κ3) is 1.96. The molecule has 2 amide bonds. The van der Waals surface area contributed by atoms with Gasteiger partial charge in [0, 0.05) is 11.1 Å². The Morgan fingerprint density at radius 1 is 0.682 bits per heavy atom. The van der Waals surface area contributed by atoms with Gasteiger partial charge in [0.1, 0.15) is 11.5 Å². The summed E-state index contributed by atoms with van der Waals surface area (Å²) < 4.78 is 10.3. The molecule has 0 aliphatic carbocycles. The van der Waals surface area contributed by atoms with Gasteiger partial charge in [-0.25, -0.2) is 9.59 Å². The Hall–Kier alpha value is -3.02. The quantitative estimate of drug-likeness (QED) is 0.848. The van der Waals surface area contributed by atoms with E-state index in [4.69, 9.17) is 9.47 Å². The van der Waals surface area contributed by atoms with Gasteiger partial charge in [-0.2, -0.15) is 0 Å². The molecule has 0 spiro atoms. The third-order valence-corrected chi connectivity index (χ3v) is 3.79. The van der Waals surface area contributed by atoms with Crippen molar-refractivity contribution in [2.45, 2.75) is 12.1 Å². The van der Waals surface area contributed by atoms with Gasteiger partial charge in [-0.05, 0) is 12.1 Å². The summed E-state index contributed by atoms with van der Waals surface area (Å²) in [5, 5.41) is 5.54. The fraction of sp³-hybridized carbons (Fsp3) is 0.125. The minimum atomic E-state index is -0.540. The molecule has 2 aliphatic heterocycles. The van der Waals surface area contributed by atoms with Crippen LogP contribution < -0.4 is 20.1 Å². The first-order valence-corrected chi connectivity index (χ1v) is 6.87. The van der Waals surface area contributed by atoms with E-state index in [0.29, 0.717) is 11.5 Å². The van der Waals surface area contributed by atoms with E-state index >= 15 is 0 Å². The number of ether oxygens (including phenoxy) is 2. The number of carbonyl (C=O) groups is 2. The summed E-state index contributed by atoms with van der Waals surface area (Å²) in [6.07, 6.45) is -1.08. The predicted molar refractivity (Wildman–Crippen MR) is 76.7 cm³/mol. The van der Waals surface area contributed by atoms with Gasteiger partial charge in [0.05, 0.1) is 12.1 Å². The van der Waals surface area contributed by atoms with Crippen LogP contribution in [0.1, 0.15) is 23.2 Å². The normalized spacial score (nSPS) is 22.4. The molecule has 0 radical (unpaired) electrons. The summed E-state index contributed by atoms with van der Waals surface area (Å²) in [6, 6.07) is 13.7. The van der Waals surface area contributed by atoms with Crippen LogP contribution in [0.4, 0.5) is 9.59 Å². The van der Waals surface area contributed by atoms with E-state index in [1.54, 1.807) is 24.3 Å². The Kier molecular flexibility index (Phi) is 2.75. The molecule has 0 aromatic heterocycles. The highest BCUT2D eigenvalue weighted by Gasteiger charge is 2.38. The monoisotopic (exact) mass is 296 g/mol. The van der Waals surface area contributed by atoms with Gasteiger partial charge in [0.25, 0.3) is 0 Å². The molecule has 2 N–H and O–H groups in total. The molecule has 6 heteroatoms. The van der Waals surface area contributed by atoms with Crippen LogP contribution in [-0.2, 0) is 0 Å². The lowest BCUT2D eigenvalue weighted by molar-refractivity contribution is 0.168. The van der Waals surface area contributed by atoms with Crippen LogP contribution in [0.3, 0.4) is 0 Å². The smallest absolute Gasteiger partial charge is 0.410 e. The van der Waals surface area contributed by atoms with Crippen LogP contribution in [0, 0.1) is 0 Å². The fourth-order valence-corrected chi connectivity index (χ4v) is 2.85. The summed E-state index contributed by atoms with van der Waals surface area (Å²) >= 11 is 0. The second-order valence-corrected chi connectivity index (χ2v) is 5.10. The highest BCUT2D eigenvalue weighted by atomic mass is 16.6. The molecular formula is C16H12N2O4. The minimum Gasteiger partial charge on any atom is -0.410 e. The zero-order valence-corrected chi connectivity index (χ0v) is 11.4. The van der Waals surface area contributed by atoms with Crippen LogP contribution in [0.25, 0.3) is 0 Å². The van der Waals surface area contributed by atoms with Crippen LogP contribution in [0.5, 0.6) is 11.5 Å². The number of hydrogen-bond acceptors (Lipinski definition) is 4. The molecule has 4 rings (SSSR count). The van der Waals surface area contributed by atoms with Crippen molar-refractivity contribution in [3.63, 3.8) is 0 Å². The van der Waals surface area contributed by atoms with Gasteiger partial charge in [0.2, 0.25) is 0 Å². The second kappa shape index (κ2) is 4.77. The fourth-order valence-electron chi connectivity index (χ4n) is 2.85. The number of para-hydroxylation sites is 2. The maximum Gasteiger partial charge on any atom is 0.413 e. The van der Waals surface area contributed by atoms with Gasteiger partial charge < -0.3 is 20.1 Å². The van der Waals surface area contributed by atoms with Crippen molar-refractivity contribution in [1.82, 2.24) is 10.6 Å². The van der Waals surface area contributed by atoms with E-state index in [-0.39, 0.29) is 0 Å². The molecule has 0 unspecified atom stereocenters. The van der Waals surface area contributed by atoms with Crippen molar-refractivity contribution in [2.24, 2.45) is 0 Å². The van der Waals surface area contributed by atoms with E-state index in [1.165, 1.54) is 0 Å². The summed E-state index contributed by atoms with van der Waals surface area (Å²) in [5.74, 6) is 0.990. The molecule has 2 aliphatic rings. The van der Waals surface area contributed by atoms with Crippen molar-refractivity contribution in [3.05, 3.63) is 59.7 Å². The van der Waals surface area contributed by atoms with Gasteiger partial charge in [-0.3, -0.25) is 0 Å². The van der Waals surface area contributed by atoms with Crippen LogP contribution in [0.2, 0.25) is 0 Å². The Morgan fingerprint density at radius 3 is 1.55 bits per heavy atom. The summed E-state index contributed by atoms with van der Waals surface area (Å²) in [6.45, 7) is 0. The summed E-state index contributed by atoms with van der Waals surface area (Å²) in [5.41, 5.74) is 1.62. The minimum absolute atomic E-state index is 0.425. The molecule has 0 saturated carbocycles. The first-order chi connectivity index (χ1) is 10.7. The predicted octanol–water partition coefficient (Wildman–Crippen LogP) is 2.67. The van der Waals surface area contributed by atoms with Crippen LogP contribution in [-0.4, -0.2) is 12.2 Å². The van der Waals surface area contributed by atoms with Crippen molar-refractivity contribution in [3.8, 4) is 11.5 Å². The lowest BCUT2D eigenvalue weighted by Crippen LogP contribution is -2.46. The molecule has 2 aromatic rings. The van der Waals surface area contributed by atoms with Crippen molar-refractivity contribution in [1.29, 1.82) is 0 Å². The number of carbonyl (C=O) groups excluding carboxylic acids is 2. The molecule has 2 heterocycles. The van der Waals surface area contributed by atoms with E-state index in [2.05, 4.69) is 10.6 Å². The Labute approximate surface area is 126 Å². The van der Waals surface area contributed by atoms with Crippen LogP contribution >= 0.6 is 0 Å². The zero-order chi connectivity index (χ0) is 15.1. The van der Waals surface area contributed by atoms with E-state index < -0.39 is 24.3 Å². The van der Waals surface area contributed by atoms with Gasteiger partial charge >= 0.3 is 12.2 Å². The Morgan fingerprint density at radius 2 is 1.09 bits per heavy atom. The molecule has 22 heavy (non-hydrogen) atoms.